The second kappa shape index (κ2) is 3.56. The standard InChI is InChI=1S/C12H14O2/c1-8-4-3-5-9-6-7-10(14-2)12(13)11(8)9/h3-7,10,12-13H,1-2H3/t10-,12+/m0/s1. The van der Waals surface area contributed by atoms with Gasteiger partial charge in [-0.25, -0.2) is 0 Å². The van der Waals surface area contributed by atoms with E-state index in [-0.39, 0.29) is 6.10 Å². The first-order valence-electron chi connectivity index (χ1n) is 4.72. The molecule has 2 atom stereocenters. The summed E-state index contributed by atoms with van der Waals surface area (Å²) in [5, 5.41) is 10.0. The maximum atomic E-state index is 10.0. The SMILES string of the molecule is CO[C@H]1C=Cc2cccc(C)c2[C@@H]1O. The number of hydrogen-bond acceptors (Lipinski definition) is 2. The quantitative estimate of drug-likeness (QED) is 0.734. The van der Waals surface area contributed by atoms with Gasteiger partial charge in [0.1, 0.15) is 12.2 Å². The van der Waals surface area contributed by atoms with Crippen molar-refractivity contribution >= 4 is 6.08 Å². The smallest absolute Gasteiger partial charge is 0.110 e. The molecule has 1 N–H and O–H groups in total. The van der Waals surface area contributed by atoms with Crippen molar-refractivity contribution in [3.63, 3.8) is 0 Å². The Morgan fingerprint density at radius 1 is 1.36 bits per heavy atom. The lowest BCUT2D eigenvalue weighted by Crippen LogP contribution is -2.22. The molecule has 0 fully saturated rings. The molecule has 2 heteroatoms. The van der Waals surface area contributed by atoms with E-state index in [1.807, 2.05) is 37.3 Å². The fourth-order valence-corrected chi connectivity index (χ4v) is 1.93. The van der Waals surface area contributed by atoms with E-state index in [1.54, 1.807) is 7.11 Å². The summed E-state index contributed by atoms with van der Waals surface area (Å²) < 4.78 is 5.18. The third-order valence-corrected chi connectivity index (χ3v) is 2.70. The maximum absolute atomic E-state index is 10.0. The molecular weight excluding hydrogens is 176 g/mol. The van der Waals surface area contributed by atoms with Crippen LogP contribution in [0.2, 0.25) is 0 Å². The van der Waals surface area contributed by atoms with E-state index in [0.717, 1.165) is 16.7 Å². The number of aliphatic hydroxyl groups excluding tert-OH is 1. The number of aliphatic hydroxyl groups is 1. The molecule has 0 bridgehead atoms. The summed E-state index contributed by atoms with van der Waals surface area (Å²) in [5.41, 5.74) is 3.19. The monoisotopic (exact) mass is 190 g/mol. The summed E-state index contributed by atoms with van der Waals surface area (Å²) in [5.74, 6) is 0. The van der Waals surface area contributed by atoms with Crippen LogP contribution in [0, 0.1) is 6.92 Å². The highest BCUT2D eigenvalue weighted by Crippen LogP contribution is 2.31. The molecular formula is C12H14O2. The Hall–Kier alpha value is -1.12. The zero-order valence-corrected chi connectivity index (χ0v) is 8.40. The Morgan fingerprint density at radius 3 is 2.86 bits per heavy atom. The van der Waals surface area contributed by atoms with Crippen LogP contribution in [0.25, 0.3) is 6.08 Å². The molecule has 1 aromatic rings. The van der Waals surface area contributed by atoms with E-state index >= 15 is 0 Å². The highest BCUT2D eigenvalue weighted by Gasteiger charge is 2.24. The number of aryl methyl sites for hydroxylation is 1. The van der Waals surface area contributed by atoms with Gasteiger partial charge >= 0.3 is 0 Å². The summed E-state index contributed by atoms with van der Waals surface area (Å²) in [4.78, 5) is 0. The lowest BCUT2D eigenvalue weighted by molar-refractivity contribution is 0.0147. The molecule has 74 valence electrons. The molecule has 1 aliphatic carbocycles. The van der Waals surface area contributed by atoms with Gasteiger partial charge in [0.15, 0.2) is 0 Å². The van der Waals surface area contributed by atoms with Gasteiger partial charge in [0.2, 0.25) is 0 Å². The molecule has 0 amide bonds. The van der Waals surface area contributed by atoms with Crippen LogP contribution in [0.3, 0.4) is 0 Å². The molecule has 1 aliphatic rings. The topological polar surface area (TPSA) is 29.5 Å². The van der Waals surface area contributed by atoms with Crippen molar-refractivity contribution in [1.82, 2.24) is 0 Å². The Labute approximate surface area is 83.8 Å². The van der Waals surface area contributed by atoms with E-state index in [4.69, 9.17) is 4.74 Å². The molecule has 0 aromatic heterocycles. The molecule has 1 aromatic carbocycles. The second-order valence-electron chi connectivity index (χ2n) is 3.58. The zero-order chi connectivity index (χ0) is 10.1. The third kappa shape index (κ3) is 1.37. The summed E-state index contributed by atoms with van der Waals surface area (Å²) in [7, 11) is 1.61. The first kappa shape index (κ1) is 9.44. The van der Waals surface area contributed by atoms with Crippen LogP contribution in [-0.4, -0.2) is 18.3 Å². The van der Waals surface area contributed by atoms with E-state index in [9.17, 15) is 5.11 Å². The van der Waals surface area contributed by atoms with Crippen LogP contribution >= 0.6 is 0 Å². The normalized spacial score (nSPS) is 24.8. The van der Waals surface area contributed by atoms with Gasteiger partial charge < -0.3 is 9.84 Å². The number of fused-ring (bicyclic) bond motifs is 1. The molecule has 0 saturated carbocycles. The predicted molar refractivity (Wildman–Crippen MR) is 56.0 cm³/mol. The molecule has 2 nitrogen and oxygen atoms in total. The lowest BCUT2D eigenvalue weighted by atomic mass is 9.89. The van der Waals surface area contributed by atoms with Crippen molar-refractivity contribution in [2.24, 2.45) is 0 Å². The van der Waals surface area contributed by atoms with Crippen molar-refractivity contribution in [3.05, 3.63) is 41.0 Å². The number of benzene rings is 1. The van der Waals surface area contributed by atoms with E-state index in [1.165, 1.54) is 0 Å². The van der Waals surface area contributed by atoms with E-state index < -0.39 is 6.10 Å². The molecule has 14 heavy (non-hydrogen) atoms. The lowest BCUT2D eigenvalue weighted by Gasteiger charge is -2.26. The van der Waals surface area contributed by atoms with Crippen LogP contribution < -0.4 is 0 Å². The van der Waals surface area contributed by atoms with Crippen LogP contribution in [-0.2, 0) is 4.74 Å². The van der Waals surface area contributed by atoms with E-state index in [0.29, 0.717) is 0 Å². The molecule has 0 spiro atoms. The Morgan fingerprint density at radius 2 is 2.14 bits per heavy atom. The highest BCUT2D eigenvalue weighted by atomic mass is 16.5. The first-order valence-corrected chi connectivity index (χ1v) is 4.72. The number of methoxy groups -OCH3 is 1. The highest BCUT2D eigenvalue weighted by molar-refractivity contribution is 5.60. The Kier molecular flexibility index (Phi) is 2.40. The van der Waals surface area contributed by atoms with Crippen molar-refractivity contribution < 1.29 is 9.84 Å². The van der Waals surface area contributed by atoms with Gasteiger partial charge in [-0.3, -0.25) is 0 Å². The largest absolute Gasteiger partial charge is 0.385 e. The Bertz CT molecular complexity index is 369. The fraction of sp³-hybridized carbons (Fsp3) is 0.333. The van der Waals surface area contributed by atoms with Crippen LogP contribution in [0.5, 0.6) is 0 Å². The van der Waals surface area contributed by atoms with Crippen molar-refractivity contribution in [2.45, 2.75) is 19.1 Å². The number of ether oxygens (including phenoxy) is 1. The van der Waals surface area contributed by atoms with Crippen LogP contribution in [0.15, 0.2) is 24.3 Å². The van der Waals surface area contributed by atoms with Gasteiger partial charge in [-0.05, 0) is 23.6 Å². The van der Waals surface area contributed by atoms with Gasteiger partial charge in [-0.2, -0.15) is 0 Å². The van der Waals surface area contributed by atoms with Crippen LogP contribution in [0.1, 0.15) is 22.8 Å². The summed E-state index contributed by atoms with van der Waals surface area (Å²) in [6.45, 7) is 2.01. The summed E-state index contributed by atoms with van der Waals surface area (Å²) >= 11 is 0. The first-order chi connectivity index (χ1) is 6.74. The van der Waals surface area contributed by atoms with Gasteiger partial charge in [0.05, 0.1) is 0 Å². The minimum atomic E-state index is -0.541. The van der Waals surface area contributed by atoms with Crippen LogP contribution in [0.4, 0.5) is 0 Å². The van der Waals surface area contributed by atoms with Crippen molar-refractivity contribution in [2.75, 3.05) is 7.11 Å². The molecule has 0 unspecified atom stereocenters. The van der Waals surface area contributed by atoms with Gasteiger partial charge in [0.25, 0.3) is 0 Å². The summed E-state index contributed by atoms with van der Waals surface area (Å²) in [6, 6.07) is 6.01. The van der Waals surface area contributed by atoms with Gasteiger partial charge in [-0.1, -0.05) is 30.4 Å². The number of rotatable bonds is 1. The molecule has 0 saturated heterocycles. The van der Waals surface area contributed by atoms with E-state index in [2.05, 4.69) is 0 Å². The Balaban J connectivity index is 2.51. The molecule has 2 rings (SSSR count). The minimum Gasteiger partial charge on any atom is -0.385 e. The fourth-order valence-electron chi connectivity index (χ4n) is 1.93. The zero-order valence-electron chi connectivity index (χ0n) is 8.40. The molecule has 0 heterocycles. The van der Waals surface area contributed by atoms with Crippen molar-refractivity contribution in [1.29, 1.82) is 0 Å². The maximum Gasteiger partial charge on any atom is 0.110 e. The van der Waals surface area contributed by atoms with Gasteiger partial charge in [0, 0.05) is 7.11 Å². The minimum absolute atomic E-state index is 0.219. The number of hydrogen-bond donors (Lipinski definition) is 1. The summed E-state index contributed by atoms with van der Waals surface area (Å²) in [6.07, 6.45) is 3.14. The average Bonchev–Trinajstić information content (AvgIpc) is 2.18. The predicted octanol–water partition coefficient (Wildman–Crippen LogP) is 2.07. The molecule has 0 radical (unpaired) electrons. The second-order valence-corrected chi connectivity index (χ2v) is 3.58. The average molecular weight is 190 g/mol. The third-order valence-electron chi connectivity index (χ3n) is 2.70. The van der Waals surface area contributed by atoms with Crippen molar-refractivity contribution in [3.8, 4) is 0 Å². The van der Waals surface area contributed by atoms with Gasteiger partial charge in [-0.15, -0.1) is 0 Å². The molecule has 0 aliphatic heterocycles.